The van der Waals surface area contributed by atoms with E-state index in [4.69, 9.17) is 0 Å². The third kappa shape index (κ3) is 2.58. The maximum Gasteiger partial charge on any atom is 0.268 e. The number of aromatic nitrogens is 2. The van der Waals surface area contributed by atoms with E-state index in [2.05, 4.69) is 5.32 Å². The maximum atomic E-state index is 12.6. The minimum absolute atomic E-state index is 0.0963. The van der Waals surface area contributed by atoms with Crippen LogP contribution in [0.4, 0.5) is 0 Å². The zero-order chi connectivity index (χ0) is 18.3. The predicted octanol–water partition coefficient (Wildman–Crippen LogP) is 2.96. The summed E-state index contributed by atoms with van der Waals surface area (Å²) in [7, 11) is 3.62. The lowest BCUT2D eigenvalue weighted by Gasteiger charge is -2.10. The van der Waals surface area contributed by atoms with E-state index in [1.165, 1.54) is 0 Å². The van der Waals surface area contributed by atoms with Crippen LogP contribution in [0.25, 0.3) is 21.8 Å². The van der Waals surface area contributed by atoms with Gasteiger partial charge in [0.2, 0.25) is 0 Å². The first-order chi connectivity index (χ1) is 12.6. The summed E-state index contributed by atoms with van der Waals surface area (Å²) in [6.07, 6.45) is 0. The Balaban J connectivity index is 1.63. The van der Waals surface area contributed by atoms with Crippen molar-refractivity contribution in [2.45, 2.75) is 6.54 Å². The number of nitrogens with one attached hydrogen (secondary N) is 1. The van der Waals surface area contributed by atoms with Crippen LogP contribution in [0.2, 0.25) is 0 Å². The summed E-state index contributed by atoms with van der Waals surface area (Å²) in [5.74, 6) is -0.195. The van der Waals surface area contributed by atoms with Crippen molar-refractivity contribution in [3.8, 4) is 0 Å². The quantitative estimate of drug-likeness (QED) is 0.621. The molecule has 0 aliphatic rings. The number of hydrogen-bond donors (Lipinski definition) is 1. The van der Waals surface area contributed by atoms with E-state index < -0.39 is 0 Å². The lowest BCUT2D eigenvalue weighted by molar-refractivity contribution is 0.0943. The number of carbonyl (C=O) groups excluding carboxylic acids is 1. The van der Waals surface area contributed by atoms with Gasteiger partial charge < -0.3 is 14.5 Å². The topological polar surface area (TPSA) is 56.0 Å². The summed E-state index contributed by atoms with van der Waals surface area (Å²) in [6.45, 7) is 0.192. The van der Waals surface area contributed by atoms with Crippen LogP contribution < -0.4 is 10.9 Å². The van der Waals surface area contributed by atoms with Crippen molar-refractivity contribution in [1.29, 1.82) is 0 Å². The molecule has 4 aromatic rings. The first-order valence-electron chi connectivity index (χ1n) is 8.46. The van der Waals surface area contributed by atoms with Crippen molar-refractivity contribution in [3.05, 3.63) is 82.3 Å². The van der Waals surface area contributed by atoms with Gasteiger partial charge in [-0.25, -0.2) is 0 Å². The number of rotatable bonds is 3. The molecule has 0 radical (unpaired) electrons. The molecule has 0 spiro atoms. The molecule has 0 aliphatic carbocycles. The second-order valence-corrected chi connectivity index (χ2v) is 6.42. The van der Waals surface area contributed by atoms with Crippen LogP contribution in [0.5, 0.6) is 0 Å². The first-order valence-corrected chi connectivity index (χ1v) is 8.46. The molecule has 2 aromatic carbocycles. The highest BCUT2D eigenvalue weighted by molar-refractivity contribution is 5.98. The monoisotopic (exact) mass is 345 g/mol. The number of pyridine rings is 1. The van der Waals surface area contributed by atoms with Gasteiger partial charge in [-0.3, -0.25) is 9.59 Å². The van der Waals surface area contributed by atoms with Crippen LogP contribution in [0.15, 0.2) is 65.5 Å². The molecule has 2 heterocycles. The number of amides is 1. The van der Waals surface area contributed by atoms with E-state index >= 15 is 0 Å². The fourth-order valence-corrected chi connectivity index (χ4v) is 3.39. The van der Waals surface area contributed by atoms with E-state index in [1.807, 2.05) is 72.3 Å². The van der Waals surface area contributed by atoms with Gasteiger partial charge in [0.15, 0.2) is 0 Å². The second kappa shape index (κ2) is 6.19. The number of fused-ring (bicyclic) bond motifs is 2. The van der Waals surface area contributed by atoms with Crippen LogP contribution >= 0.6 is 0 Å². The van der Waals surface area contributed by atoms with Gasteiger partial charge in [-0.05, 0) is 29.7 Å². The van der Waals surface area contributed by atoms with Crippen molar-refractivity contribution < 1.29 is 4.79 Å². The molecule has 1 N–H and O–H groups in total. The Morgan fingerprint density at radius 3 is 2.12 bits per heavy atom. The van der Waals surface area contributed by atoms with Crippen molar-refractivity contribution in [2.75, 3.05) is 0 Å². The van der Waals surface area contributed by atoms with Gasteiger partial charge in [-0.15, -0.1) is 0 Å². The Morgan fingerprint density at radius 1 is 0.885 bits per heavy atom. The van der Waals surface area contributed by atoms with Gasteiger partial charge in [-0.2, -0.15) is 0 Å². The van der Waals surface area contributed by atoms with Crippen molar-refractivity contribution in [3.63, 3.8) is 0 Å². The molecule has 5 nitrogen and oxygen atoms in total. The van der Waals surface area contributed by atoms with Gasteiger partial charge in [0.05, 0.1) is 5.52 Å². The zero-order valence-corrected chi connectivity index (χ0v) is 14.7. The molecule has 0 bridgehead atoms. The summed E-state index contributed by atoms with van der Waals surface area (Å²) in [5, 5.41) is 4.87. The van der Waals surface area contributed by atoms with Crippen molar-refractivity contribution in [1.82, 2.24) is 14.5 Å². The number of para-hydroxylation sites is 2. The fraction of sp³-hybridized carbons (Fsp3) is 0.143. The van der Waals surface area contributed by atoms with Crippen LogP contribution in [0, 0.1) is 0 Å². The average molecular weight is 345 g/mol. The van der Waals surface area contributed by atoms with Crippen LogP contribution in [-0.4, -0.2) is 15.0 Å². The Bertz CT molecular complexity index is 1200. The number of nitrogens with zero attached hydrogens (tertiary/aromatic N) is 2. The van der Waals surface area contributed by atoms with E-state index in [0.29, 0.717) is 11.3 Å². The summed E-state index contributed by atoms with van der Waals surface area (Å²) in [4.78, 5) is 25.2. The lowest BCUT2D eigenvalue weighted by atomic mass is 10.1. The summed E-state index contributed by atoms with van der Waals surface area (Å²) in [5.41, 5.74) is 2.92. The molecule has 0 saturated carbocycles. The van der Waals surface area contributed by atoms with Crippen molar-refractivity contribution in [2.24, 2.45) is 14.1 Å². The Hall–Kier alpha value is -3.34. The third-order valence-electron chi connectivity index (χ3n) is 4.83. The largest absolute Gasteiger partial charge is 0.346 e. The Labute approximate surface area is 150 Å². The highest BCUT2D eigenvalue weighted by Crippen LogP contribution is 2.18. The number of aryl methyl sites for hydroxylation is 2. The molecule has 0 saturated heterocycles. The molecule has 2 aromatic heterocycles. The smallest absolute Gasteiger partial charge is 0.268 e. The molecule has 5 heteroatoms. The number of benzene rings is 2. The zero-order valence-electron chi connectivity index (χ0n) is 14.7. The third-order valence-corrected chi connectivity index (χ3v) is 4.83. The van der Waals surface area contributed by atoms with Gasteiger partial charge in [-0.1, -0.05) is 36.4 Å². The average Bonchev–Trinajstić information content (AvgIpc) is 3.00. The fourth-order valence-electron chi connectivity index (χ4n) is 3.39. The van der Waals surface area contributed by atoms with Crippen LogP contribution in [0.3, 0.4) is 0 Å². The second-order valence-electron chi connectivity index (χ2n) is 6.42. The molecule has 0 unspecified atom stereocenters. The van der Waals surface area contributed by atoms with Crippen LogP contribution in [-0.2, 0) is 20.6 Å². The minimum Gasteiger partial charge on any atom is -0.346 e. The molecule has 0 atom stereocenters. The predicted molar refractivity (Wildman–Crippen MR) is 103 cm³/mol. The van der Waals surface area contributed by atoms with Gasteiger partial charge in [0.25, 0.3) is 11.5 Å². The van der Waals surface area contributed by atoms with E-state index in [0.717, 1.165) is 21.8 Å². The molecular formula is C21H19N3O2. The molecule has 0 aliphatic heterocycles. The van der Waals surface area contributed by atoms with E-state index in [9.17, 15) is 9.59 Å². The maximum absolute atomic E-state index is 12.6. The highest BCUT2D eigenvalue weighted by Gasteiger charge is 2.14. The molecule has 1 amide bonds. The molecular weight excluding hydrogens is 326 g/mol. The van der Waals surface area contributed by atoms with Gasteiger partial charge in [0, 0.05) is 37.1 Å². The van der Waals surface area contributed by atoms with Gasteiger partial charge in [0.1, 0.15) is 5.69 Å². The van der Waals surface area contributed by atoms with Gasteiger partial charge >= 0.3 is 0 Å². The minimum atomic E-state index is -0.195. The lowest BCUT2D eigenvalue weighted by Crippen LogP contribution is -2.30. The molecule has 26 heavy (non-hydrogen) atoms. The normalized spacial score (nSPS) is 11.2. The molecule has 4 rings (SSSR count). The molecule has 0 fully saturated rings. The van der Waals surface area contributed by atoms with Crippen molar-refractivity contribution >= 4 is 27.7 Å². The highest BCUT2D eigenvalue weighted by atomic mass is 16.2. The molecule has 130 valence electrons. The van der Waals surface area contributed by atoms with E-state index in [-0.39, 0.29) is 18.0 Å². The van der Waals surface area contributed by atoms with E-state index in [1.54, 1.807) is 11.6 Å². The Kier molecular flexibility index (Phi) is 3.84. The Morgan fingerprint density at radius 2 is 1.46 bits per heavy atom. The standard InChI is InChI=1S/C21H19N3O2/c1-23-17-9-5-4-8-15(17)12-19(23)20(25)22-13-16-11-14-7-3-6-10-18(14)24(2)21(16)26/h3-12H,13H2,1-2H3,(H,22,25). The summed E-state index contributed by atoms with van der Waals surface area (Å²) < 4.78 is 3.48. The number of carbonyl (C=O) groups is 1. The number of hydrogen-bond acceptors (Lipinski definition) is 2. The SMILES string of the molecule is Cn1c(C(=O)NCc2cc3ccccc3n(C)c2=O)cc2ccccc21. The summed E-state index contributed by atoms with van der Waals surface area (Å²) >= 11 is 0. The first kappa shape index (κ1) is 16.1. The summed E-state index contributed by atoms with van der Waals surface area (Å²) in [6, 6.07) is 19.3. The van der Waals surface area contributed by atoms with Crippen LogP contribution in [0.1, 0.15) is 16.1 Å².